The van der Waals surface area contributed by atoms with Crippen LogP contribution in [0.25, 0.3) is 55.7 Å². The molecule has 0 fully saturated rings. The van der Waals surface area contributed by atoms with Gasteiger partial charge in [-0.25, -0.2) is 22.5 Å². The third-order valence-electron chi connectivity index (χ3n) is 5.98. The van der Waals surface area contributed by atoms with Crippen molar-refractivity contribution in [2.45, 2.75) is 6.54 Å². The van der Waals surface area contributed by atoms with Crippen molar-refractivity contribution in [3.05, 3.63) is 84.7 Å². The summed E-state index contributed by atoms with van der Waals surface area (Å²) in [4.78, 5) is 16.6. The molecule has 3 N–H and O–H groups in total. The van der Waals surface area contributed by atoms with Crippen molar-refractivity contribution in [3.8, 4) is 33.8 Å². The maximum Gasteiger partial charge on any atom is 0.209 e. The first-order valence-corrected chi connectivity index (χ1v) is 13.2. The van der Waals surface area contributed by atoms with Crippen LogP contribution >= 0.6 is 0 Å². The molecular formula is C26H20FN7O2S. The lowest BCUT2D eigenvalue weighted by Crippen LogP contribution is -2.21. The van der Waals surface area contributed by atoms with Gasteiger partial charge in [0.15, 0.2) is 5.82 Å². The number of nitrogens with one attached hydrogen (secondary N) is 3. The van der Waals surface area contributed by atoms with Gasteiger partial charge in [0.25, 0.3) is 0 Å². The van der Waals surface area contributed by atoms with Crippen molar-refractivity contribution in [1.82, 2.24) is 34.9 Å². The summed E-state index contributed by atoms with van der Waals surface area (Å²) in [7, 11) is -3.42. The van der Waals surface area contributed by atoms with E-state index in [0.717, 1.165) is 28.3 Å². The van der Waals surface area contributed by atoms with E-state index >= 15 is 0 Å². The molecule has 6 aromatic rings. The zero-order chi connectivity index (χ0) is 25.6. The third-order valence-corrected chi connectivity index (χ3v) is 6.65. The first kappa shape index (κ1) is 23.0. The van der Waals surface area contributed by atoms with Gasteiger partial charge in [-0.3, -0.25) is 15.1 Å². The summed E-state index contributed by atoms with van der Waals surface area (Å²) in [6.07, 6.45) is 7.85. The van der Waals surface area contributed by atoms with E-state index in [2.05, 4.69) is 29.9 Å². The van der Waals surface area contributed by atoms with Crippen molar-refractivity contribution >= 4 is 32.0 Å². The van der Waals surface area contributed by atoms with Crippen LogP contribution in [-0.4, -0.2) is 44.8 Å². The molecule has 0 aliphatic heterocycles. The first-order chi connectivity index (χ1) is 17.8. The molecule has 0 atom stereocenters. The topological polar surface area (TPSA) is 129 Å². The summed E-state index contributed by atoms with van der Waals surface area (Å²) in [5.74, 6) is 0.0472. The minimum absolute atomic E-state index is 0.0304. The number of benzene rings is 2. The number of rotatable bonds is 6. The summed E-state index contributed by atoms with van der Waals surface area (Å²) in [5, 5.41) is 8.43. The standard InChI is InChI=1S/C26H20FN7O2S/c1-37(35,36)30-11-15-7-18(9-19(27)8-15)21-13-29-14-23-24(21)32-26(31-23)25-20-10-16(4-5-22(20)33-34-25)17-3-2-6-28-12-17/h2-10,12-14,30H,11H2,1H3,(H,31,32)(H,33,34). The number of hydrogen-bond acceptors (Lipinski definition) is 6. The Morgan fingerprint density at radius 1 is 0.946 bits per heavy atom. The van der Waals surface area contributed by atoms with Crippen LogP contribution < -0.4 is 4.72 Å². The number of aromatic amines is 2. The van der Waals surface area contributed by atoms with Crippen molar-refractivity contribution in [3.63, 3.8) is 0 Å². The molecule has 0 unspecified atom stereocenters. The molecule has 184 valence electrons. The van der Waals surface area contributed by atoms with Gasteiger partial charge in [0.2, 0.25) is 10.0 Å². The highest BCUT2D eigenvalue weighted by Gasteiger charge is 2.17. The van der Waals surface area contributed by atoms with Gasteiger partial charge in [-0.05, 0) is 53.1 Å². The molecule has 4 aromatic heterocycles. The summed E-state index contributed by atoms with van der Waals surface area (Å²) < 4.78 is 39.8. The van der Waals surface area contributed by atoms with Crippen LogP contribution in [0.2, 0.25) is 0 Å². The number of H-pyrrole nitrogens is 2. The van der Waals surface area contributed by atoms with E-state index in [0.29, 0.717) is 39.2 Å². The molecule has 11 heteroatoms. The molecule has 0 amide bonds. The van der Waals surface area contributed by atoms with E-state index in [1.54, 1.807) is 30.9 Å². The third kappa shape index (κ3) is 4.57. The highest BCUT2D eigenvalue weighted by atomic mass is 32.2. The fourth-order valence-corrected chi connectivity index (χ4v) is 4.72. The largest absolute Gasteiger partial charge is 0.335 e. The van der Waals surface area contributed by atoms with Crippen LogP contribution in [0.4, 0.5) is 4.39 Å². The average molecular weight is 514 g/mol. The summed E-state index contributed by atoms with van der Waals surface area (Å²) in [6.45, 7) is -0.0304. The Labute approximate surface area is 210 Å². The fraction of sp³-hybridized carbons (Fsp3) is 0.0769. The Morgan fingerprint density at radius 2 is 1.84 bits per heavy atom. The summed E-state index contributed by atoms with van der Waals surface area (Å²) in [5.41, 5.74) is 6.35. The predicted molar refractivity (Wildman–Crippen MR) is 139 cm³/mol. The monoisotopic (exact) mass is 513 g/mol. The predicted octanol–water partition coefficient (Wildman–Crippen LogP) is 4.42. The first-order valence-electron chi connectivity index (χ1n) is 11.3. The van der Waals surface area contributed by atoms with E-state index < -0.39 is 15.8 Å². The minimum Gasteiger partial charge on any atom is -0.335 e. The quantitative estimate of drug-likeness (QED) is 0.302. The van der Waals surface area contributed by atoms with Crippen LogP contribution in [0.1, 0.15) is 5.56 Å². The van der Waals surface area contributed by atoms with Crippen LogP contribution in [0.5, 0.6) is 0 Å². The molecule has 37 heavy (non-hydrogen) atoms. The molecule has 0 spiro atoms. The van der Waals surface area contributed by atoms with Gasteiger partial charge in [0, 0.05) is 41.6 Å². The van der Waals surface area contributed by atoms with Crippen LogP contribution in [0.3, 0.4) is 0 Å². The highest BCUT2D eigenvalue weighted by molar-refractivity contribution is 7.88. The molecule has 4 heterocycles. The zero-order valence-corrected chi connectivity index (χ0v) is 20.3. The number of pyridine rings is 2. The molecule has 6 rings (SSSR count). The van der Waals surface area contributed by atoms with E-state index in [1.165, 1.54) is 12.1 Å². The molecule has 2 aromatic carbocycles. The van der Waals surface area contributed by atoms with Gasteiger partial charge in [0.05, 0.1) is 29.0 Å². The smallest absolute Gasteiger partial charge is 0.209 e. The number of imidazole rings is 1. The van der Waals surface area contributed by atoms with Gasteiger partial charge in [0.1, 0.15) is 11.5 Å². The SMILES string of the molecule is CS(=O)(=O)NCc1cc(F)cc(-c2cncc3[nH]c(-c4n[nH]c5ccc(-c6cccnc6)cc45)nc23)c1. The van der Waals surface area contributed by atoms with Gasteiger partial charge < -0.3 is 4.98 Å². The zero-order valence-electron chi connectivity index (χ0n) is 19.5. The van der Waals surface area contributed by atoms with Crippen LogP contribution in [-0.2, 0) is 16.6 Å². The summed E-state index contributed by atoms with van der Waals surface area (Å²) >= 11 is 0. The molecule has 0 aliphatic carbocycles. The second kappa shape index (κ2) is 8.87. The van der Waals surface area contributed by atoms with Crippen LogP contribution in [0.15, 0.2) is 73.3 Å². The Kier molecular flexibility index (Phi) is 5.50. The maximum atomic E-state index is 14.5. The molecule has 0 radical (unpaired) electrons. The van der Waals surface area contributed by atoms with Crippen molar-refractivity contribution < 1.29 is 12.8 Å². The van der Waals surface area contributed by atoms with E-state index in [9.17, 15) is 12.8 Å². The molecule has 0 saturated carbocycles. The molecule has 0 bridgehead atoms. The van der Waals surface area contributed by atoms with Gasteiger partial charge >= 0.3 is 0 Å². The lowest BCUT2D eigenvalue weighted by Gasteiger charge is -2.07. The average Bonchev–Trinajstić information content (AvgIpc) is 3.51. The maximum absolute atomic E-state index is 14.5. The molecule has 0 saturated heterocycles. The Balaban J connectivity index is 1.44. The van der Waals surface area contributed by atoms with E-state index in [1.807, 2.05) is 30.3 Å². The lowest BCUT2D eigenvalue weighted by atomic mass is 10.0. The second-order valence-corrected chi connectivity index (χ2v) is 10.5. The molecule has 0 aliphatic rings. The number of nitrogens with zero attached hydrogens (tertiary/aromatic N) is 4. The fourth-order valence-electron chi connectivity index (χ4n) is 4.29. The Morgan fingerprint density at radius 3 is 2.65 bits per heavy atom. The highest BCUT2D eigenvalue weighted by Crippen LogP contribution is 2.33. The Hall–Kier alpha value is -4.48. The second-order valence-electron chi connectivity index (χ2n) is 8.68. The number of sulfonamides is 1. The molecule has 9 nitrogen and oxygen atoms in total. The van der Waals surface area contributed by atoms with Crippen LogP contribution in [0, 0.1) is 5.82 Å². The van der Waals surface area contributed by atoms with Gasteiger partial charge in [-0.1, -0.05) is 12.1 Å². The number of hydrogen-bond donors (Lipinski definition) is 3. The molecular weight excluding hydrogens is 493 g/mol. The normalized spacial score (nSPS) is 11.9. The van der Waals surface area contributed by atoms with E-state index in [4.69, 9.17) is 4.98 Å². The van der Waals surface area contributed by atoms with Gasteiger partial charge in [-0.15, -0.1) is 0 Å². The number of fused-ring (bicyclic) bond motifs is 2. The van der Waals surface area contributed by atoms with Crippen molar-refractivity contribution in [1.29, 1.82) is 0 Å². The Bertz CT molecular complexity index is 1880. The lowest BCUT2D eigenvalue weighted by molar-refractivity contribution is 0.586. The van der Waals surface area contributed by atoms with E-state index in [-0.39, 0.29) is 6.54 Å². The number of halogens is 1. The van der Waals surface area contributed by atoms with Gasteiger partial charge in [-0.2, -0.15) is 5.10 Å². The summed E-state index contributed by atoms with van der Waals surface area (Å²) in [6, 6.07) is 14.3. The minimum atomic E-state index is -3.42. The van der Waals surface area contributed by atoms with Crippen molar-refractivity contribution in [2.24, 2.45) is 0 Å². The number of aromatic nitrogens is 6. The van der Waals surface area contributed by atoms with Crippen molar-refractivity contribution in [2.75, 3.05) is 6.26 Å².